The van der Waals surface area contributed by atoms with E-state index in [0.29, 0.717) is 37.7 Å². The van der Waals surface area contributed by atoms with E-state index in [1.54, 1.807) is 12.1 Å². The van der Waals surface area contributed by atoms with Crippen LogP contribution in [0.4, 0.5) is 0 Å². The summed E-state index contributed by atoms with van der Waals surface area (Å²) in [5.74, 6) is 0.821. The van der Waals surface area contributed by atoms with E-state index in [2.05, 4.69) is 24.0 Å². The molecule has 1 fully saturated rings. The maximum absolute atomic E-state index is 13.2. The van der Waals surface area contributed by atoms with Crippen LogP contribution in [-0.4, -0.2) is 58.0 Å². The predicted octanol–water partition coefficient (Wildman–Crippen LogP) is 2.77. The molecule has 27 heavy (non-hydrogen) atoms. The molecule has 0 unspecified atom stereocenters. The third-order valence-corrected chi connectivity index (χ3v) is 7.01. The molecular weight excluding hydrogens is 364 g/mol. The summed E-state index contributed by atoms with van der Waals surface area (Å²) in [5.41, 5.74) is 1.24. The van der Waals surface area contributed by atoms with Crippen LogP contribution in [0.15, 0.2) is 53.4 Å². The van der Waals surface area contributed by atoms with Gasteiger partial charge in [0.05, 0.1) is 14.2 Å². The SMILES string of the molecule is COc1ccc(OC)c(S(=O)(=O)N2CCN([C@@H](C)c3ccccc3)CC2)c1. The van der Waals surface area contributed by atoms with Gasteiger partial charge in [-0.1, -0.05) is 30.3 Å². The summed E-state index contributed by atoms with van der Waals surface area (Å²) in [6, 6.07) is 15.4. The second kappa shape index (κ2) is 8.29. The Kier molecular flexibility index (Phi) is 6.04. The number of nitrogens with zero attached hydrogens (tertiary/aromatic N) is 2. The lowest BCUT2D eigenvalue weighted by Crippen LogP contribution is -2.49. The summed E-state index contributed by atoms with van der Waals surface area (Å²) in [4.78, 5) is 2.46. The molecule has 3 rings (SSSR count). The third-order valence-electron chi connectivity index (χ3n) is 5.09. The molecule has 7 heteroatoms. The Labute approximate surface area is 161 Å². The van der Waals surface area contributed by atoms with Crippen LogP contribution >= 0.6 is 0 Å². The topological polar surface area (TPSA) is 59.1 Å². The van der Waals surface area contributed by atoms with E-state index in [-0.39, 0.29) is 10.9 Å². The Morgan fingerprint density at radius 1 is 0.926 bits per heavy atom. The number of hydrogen-bond donors (Lipinski definition) is 0. The number of piperazine rings is 1. The predicted molar refractivity (Wildman–Crippen MR) is 105 cm³/mol. The fraction of sp³-hybridized carbons (Fsp3) is 0.400. The molecule has 6 nitrogen and oxygen atoms in total. The second-order valence-corrected chi connectivity index (χ2v) is 8.45. The Balaban J connectivity index is 1.75. The van der Waals surface area contributed by atoms with Gasteiger partial charge < -0.3 is 9.47 Å². The molecule has 1 aliphatic rings. The summed E-state index contributed by atoms with van der Waals surface area (Å²) >= 11 is 0. The van der Waals surface area contributed by atoms with Crippen molar-refractivity contribution in [3.63, 3.8) is 0 Å². The fourth-order valence-corrected chi connectivity index (χ4v) is 4.99. The summed E-state index contributed by atoms with van der Waals surface area (Å²) in [7, 11) is -0.661. The molecular formula is C20H26N2O4S. The van der Waals surface area contributed by atoms with Crippen molar-refractivity contribution in [2.75, 3.05) is 40.4 Å². The molecule has 0 radical (unpaired) electrons. The summed E-state index contributed by atoms with van der Waals surface area (Å²) in [6.07, 6.45) is 0. The minimum atomic E-state index is -3.65. The van der Waals surface area contributed by atoms with E-state index in [9.17, 15) is 8.42 Å². The molecule has 2 aromatic carbocycles. The van der Waals surface area contributed by atoms with Crippen LogP contribution in [0, 0.1) is 0 Å². The second-order valence-electron chi connectivity index (χ2n) is 6.54. The lowest BCUT2D eigenvalue weighted by atomic mass is 10.1. The highest BCUT2D eigenvalue weighted by Gasteiger charge is 2.32. The average molecular weight is 391 g/mol. The minimum absolute atomic E-state index is 0.147. The van der Waals surface area contributed by atoms with Crippen molar-refractivity contribution < 1.29 is 17.9 Å². The van der Waals surface area contributed by atoms with Crippen LogP contribution in [0.2, 0.25) is 0 Å². The first-order chi connectivity index (χ1) is 13.0. The number of methoxy groups -OCH3 is 2. The van der Waals surface area contributed by atoms with Crippen molar-refractivity contribution in [3.05, 3.63) is 54.1 Å². The van der Waals surface area contributed by atoms with Crippen molar-refractivity contribution >= 4 is 10.0 Å². The molecule has 146 valence electrons. The van der Waals surface area contributed by atoms with Gasteiger partial charge in [-0.3, -0.25) is 4.90 Å². The standard InChI is InChI=1S/C20H26N2O4S/c1-16(17-7-5-4-6-8-17)21-11-13-22(14-12-21)27(23,24)20-15-18(25-2)9-10-19(20)26-3/h4-10,15-16H,11-14H2,1-3H3/t16-/m0/s1. The first kappa shape index (κ1) is 19.7. The maximum Gasteiger partial charge on any atom is 0.246 e. The molecule has 1 heterocycles. The summed E-state index contributed by atoms with van der Waals surface area (Å²) in [6.45, 7) is 4.41. The minimum Gasteiger partial charge on any atom is -0.497 e. The lowest BCUT2D eigenvalue weighted by Gasteiger charge is -2.37. The molecule has 0 aromatic heterocycles. The van der Waals surface area contributed by atoms with Crippen molar-refractivity contribution in [1.82, 2.24) is 9.21 Å². The maximum atomic E-state index is 13.2. The largest absolute Gasteiger partial charge is 0.497 e. The molecule has 0 bridgehead atoms. The van der Waals surface area contributed by atoms with Gasteiger partial charge in [-0.25, -0.2) is 8.42 Å². The molecule has 1 atom stereocenters. The van der Waals surface area contributed by atoms with Crippen LogP contribution < -0.4 is 9.47 Å². The van der Waals surface area contributed by atoms with E-state index in [1.807, 2.05) is 18.2 Å². The number of benzene rings is 2. The van der Waals surface area contributed by atoms with Crippen molar-refractivity contribution in [2.45, 2.75) is 17.9 Å². The first-order valence-electron chi connectivity index (χ1n) is 8.98. The van der Waals surface area contributed by atoms with Crippen molar-refractivity contribution in [3.8, 4) is 11.5 Å². The third kappa shape index (κ3) is 4.10. The Morgan fingerprint density at radius 3 is 2.19 bits per heavy atom. The Morgan fingerprint density at radius 2 is 1.59 bits per heavy atom. The van der Waals surface area contributed by atoms with E-state index in [4.69, 9.17) is 9.47 Å². The van der Waals surface area contributed by atoms with E-state index < -0.39 is 10.0 Å². The Bertz CT molecular complexity index is 863. The van der Waals surface area contributed by atoms with Crippen LogP contribution in [0.1, 0.15) is 18.5 Å². The summed E-state index contributed by atoms with van der Waals surface area (Å²) in [5, 5.41) is 0. The van der Waals surface area contributed by atoms with Crippen LogP contribution in [-0.2, 0) is 10.0 Å². The van der Waals surface area contributed by atoms with Gasteiger partial charge in [0.1, 0.15) is 16.4 Å². The molecule has 1 saturated heterocycles. The average Bonchev–Trinajstić information content (AvgIpc) is 2.73. The summed E-state index contributed by atoms with van der Waals surface area (Å²) < 4.78 is 38.3. The van der Waals surface area contributed by atoms with Gasteiger partial charge in [0.2, 0.25) is 10.0 Å². The zero-order valence-corrected chi connectivity index (χ0v) is 16.8. The zero-order chi connectivity index (χ0) is 19.4. The van der Waals surface area contributed by atoms with E-state index >= 15 is 0 Å². The number of rotatable bonds is 6. The van der Waals surface area contributed by atoms with Crippen LogP contribution in [0.3, 0.4) is 0 Å². The van der Waals surface area contributed by atoms with Crippen LogP contribution in [0.5, 0.6) is 11.5 Å². The van der Waals surface area contributed by atoms with Crippen LogP contribution in [0.25, 0.3) is 0 Å². The van der Waals surface area contributed by atoms with E-state index in [0.717, 1.165) is 0 Å². The lowest BCUT2D eigenvalue weighted by molar-refractivity contribution is 0.145. The zero-order valence-electron chi connectivity index (χ0n) is 16.0. The highest BCUT2D eigenvalue weighted by Crippen LogP contribution is 2.31. The highest BCUT2D eigenvalue weighted by atomic mass is 32.2. The monoisotopic (exact) mass is 390 g/mol. The van der Waals surface area contributed by atoms with Gasteiger partial charge in [-0.15, -0.1) is 0 Å². The molecule has 0 aliphatic carbocycles. The molecule has 0 N–H and O–H groups in total. The van der Waals surface area contributed by atoms with Gasteiger partial charge in [-0.05, 0) is 24.6 Å². The van der Waals surface area contributed by atoms with Gasteiger partial charge >= 0.3 is 0 Å². The molecule has 1 aliphatic heterocycles. The molecule has 0 spiro atoms. The van der Waals surface area contributed by atoms with E-state index in [1.165, 1.54) is 30.2 Å². The molecule has 2 aromatic rings. The smallest absolute Gasteiger partial charge is 0.246 e. The van der Waals surface area contributed by atoms with Gasteiger partial charge in [0.15, 0.2) is 0 Å². The fourth-order valence-electron chi connectivity index (χ4n) is 3.40. The molecule has 0 saturated carbocycles. The number of sulfonamides is 1. The normalized spacial score (nSPS) is 17.4. The number of ether oxygens (including phenoxy) is 2. The van der Waals surface area contributed by atoms with Crippen molar-refractivity contribution in [1.29, 1.82) is 0 Å². The van der Waals surface area contributed by atoms with Gasteiger partial charge in [0.25, 0.3) is 0 Å². The highest BCUT2D eigenvalue weighted by molar-refractivity contribution is 7.89. The van der Waals surface area contributed by atoms with Crippen molar-refractivity contribution in [2.24, 2.45) is 0 Å². The van der Waals surface area contributed by atoms with Gasteiger partial charge in [0, 0.05) is 38.3 Å². The van der Waals surface area contributed by atoms with Gasteiger partial charge in [-0.2, -0.15) is 4.31 Å². The molecule has 0 amide bonds. The Hall–Kier alpha value is -2.09. The first-order valence-corrected chi connectivity index (χ1v) is 10.4. The quantitative estimate of drug-likeness (QED) is 0.759. The number of hydrogen-bond acceptors (Lipinski definition) is 5.